The number of aromatic amines is 1. The normalized spacial score (nSPS) is 41.0. The number of carboxylic acids is 1. The maximum Gasteiger partial charge on any atom is 0.312 e. The van der Waals surface area contributed by atoms with E-state index in [4.69, 9.17) is 0 Å². The van der Waals surface area contributed by atoms with Gasteiger partial charge in [0.05, 0.1) is 11.6 Å². The highest BCUT2D eigenvalue weighted by Gasteiger charge is 2.78. The summed E-state index contributed by atoms with van der Waals surface area (Å²) in [6.45, 7) is 2.02. The van der Waals surface area contributed by atoms with Gasteiger partial charge in [-0.05, 0) is 55.6 Å². The fourth-order valence-electron chi connectivity index (χ4n) is 6.67. The Hall–Kier alpha value is -1.85. The first-order valence-electron chi connectivity index (χ1n) is 9.83. The molecule has 6 rings (SSSR count). The van der Waals surface area contributed by atoms with Crippen LogP contribution in [0.15, 0.2) is 24.3 Å². The fraction of sp³-hybridized carbons (Fsp3) is 0.571. The Morgan fingerprint density at radius 3 is 3.00 bits per heavy atom. The van der Waals surface area contributed by atoms with Crippen molar-refractivity contribution < 1.29 is 15.0 Å². The van der Waals surface area contributed by atoms with Crippen molar-refractivity contribution in [3.05, 3.63) is 35.5 Å². The first-order valence-corrected chi connectivity index (χ1v) is 9.83. The number of nitrogens with one attached hydrogen (secondary N) is 1. The predicted octanol–water partition coefficient (Wildman–Crippen LogP) is 2.70. The molecular weight excluding hydrogens is 328 g/mol. The van der Waals surface area contributed by atoms with E-state index in [2.05, 4.69) is 34.1 Å². The molecule has 4 aliphatic rings. The number of aliphatic hydroxyl groups is 1. The molecule has 3 heterocycles. The van der Waals surface area contributed by atoms with Crippen molar-refractivity contribution in [2.45, 2.75) is 43.7 Å². The third-order valence-electron chi connectivity index (χ3n) is 8.00. The SMILES string of the molecule is O=C(O)[C@@]12C[C@@]1(O)CC[C@H]1CN3CCc4c([nH]c5ccccc45)[C@@H]3C[C@@H]12. The third-order valence-corrected chi connectivity index (χ3v) is 8.00. The Morgan fingerprint density at radius 1 is 1.31 bits per heavy atom. The van der Waals surface area contributed by atoms with Gasteiger partial charge in [0, 0.05) is 29.7 Å². The smallest absolute Gasteiger partial charge is 0.312 e. The lowest BCUT2D eigenvalue weighted by molar-refractivity contribution is -0.157. The van der Waals surface area contributed by atoms with Gasteiger partial charge in [-0.25, -0.2) is 0 Å². The molecule has 2 saturated carbocycles. The van der Waals surface area contributed by atoms with E-state index in [1.165, 1.54) is 22.2 Å². The van der Waals surface area contributed by atoms with Crippen LogP contribution in [0.4, 0.5) is 0 Å². The van der Waals surface area contributed by atoms with Gasteiger partial charge >= 0.3 is 5.97 Å². The number of piperidine rings is 1. The molecule has 2 aliphatic carbocycles. The minimum Gasteiger partial charge on any atom is -0.481 e. The minimum absolute atomic E-state index is 0.0809. The molecule has 1 saturated heterocycles. The van der Waals surface area contributed by atoms with Crippen LogP contribution in [-0.2, 0) is 11.2 Å². The van der Waals surface area contributed by atoms with Crippen LogP contribution in [0.25, 0.3) is 10.9 Å². The van der Waals surface area contributed by atoms with E-state index >= 15 is 0 Å². The van der Waals surface area contributed by atoms with Crippen molar-refractivity contribution in [2.75, 3.05) is 13.1 Å². The molecule has 0 spiro atoms. The van der Waals surface area contributed by atoms with E-state index in [0.29, 0.717) is 18.8 Å². The molecule has 26 heavy (non-hydrogen) atoms. The number of hydrogen-bond acceptors (Lipinski definition) is 3. The van der Waals surface area contributed by atoms with Gasteiger partial charge in [-0.3, -0.25) is 9.69 Å². The summed E-state index contributed by atoms with van der Waals surface area (Å²) in [6, 6.07) is 8.72. The van der Waals surface area contributed by atoms with E-state index < -0.39 is 17.0 Å². The topological polar surface area (TPSA) is 76.6 Å². The molecule has 3 N–H and O–H groups in total. The van der Waals surface area contributed by atoms with Crippen LogP contribution in [0.5, 0.6) is 0 Å². The van der Waals surface area contributed by atoms with Crippen LogP contribution in [0.3, 0.4) is 0 Å². The average Bonchev–Trinajstić information content (AvgIpc) is 3.14. The Morgan fingerprint density at radius 2 is 2.15 bits per heavy atom. The fourth-order valence-corrected chi connectivity index (χ4v) is 6.67. The summed E-state index contributed by atoms with van der Waals surface area (Å²) in [5.74, 6) is -0.302. The van der Waals surface area contributed by atoms with Crippen molar-refractivity contribution in [2.24, 2.45) is 17.3 Å². The summed E-state index contributed by atoms with van der Waals surface area (Å²) < 4.78 is 0. The zero-order valence-electron chi connectivity index (χ0n) is 14.7. The number of aliphatic carboxylic acids is 1. The lowest BCUT2D eigenvalue weighted by Gasteiger charge is -2.50. The first kappa shape index (κ1) is 15.2. The predicted molar refractivity (Wildman–Crippen MR) is 96.8 cm³/mol. The molecule has 1 aromatic heterocycles. The highest BCUT2D eigenvalue weighted by molar-refractivity contribution is 5.85. The molecule has 2 aliphatic heterocycles. The molecule has 0 bridgehead atoms. The Balaban J connectivity index is 1.43. The van der Waals surface area contributed by atoms with Crippen LogP contribution < -0.4 is 0 Å². The average molecular weight is 352 g/mol. The highest BCUT2D eigenvalue weighted by Crippen LogP contribution is 2.71. The molecular formula is C21H24N2O3. The van der Waals surface area contributed by atoms with Crippen LogP contribution >= 0.6 is 0 Å². The second-order valence-corrected chi connectivity index (χ2v) is 8.95. The number of aromatic nitrogens is 1. The molecule has 1 aromatic carbocycles. The van der Waals surface area contributed by atoms with Crippen molar-refractivity contribution in [3.8, 4) is 0 Å². The first-order chi connectivity index (χ1) is 12.5. The summed E-state index contributed by atoms with van der Waals surface area (Å²) >= 11 is 0. The van der Waals surface area contributed by atoms with Gasteiger partial charge in [-0.15, -0.1) is 0 Å². The maximum atomic E-state index is 12.1. The summed E-state index contributed by atoms with van der Waals surface area (Å²) in [7, 11) is 0. The molecule has 0 radical (unpaired) electrons. The number of H-pyrrole nitrogens is 1. The van der Waals surface area contributed by atoms with Crippen molar-refractivity contribution in [1.29, 1.82) is 0 Å². The maximum absolute atomic E-state index is 12.1. The van der Waals surface area contributed by atoms with Crippen LogP contribution in [0, 0.1) is 17.3 Å². The van der Waals surface area contributed by atoms with E-state index in [1.54, 1.807) is 0 Å². The van der Waals surface area contributed by atoms with Gasteiger partial charge in [0.15, 0.2) is 0 Å². The number of carbonyl (C=O) groups is 1. The van der Waals surface area contributed by atoms with Gasteiger partial charge in [-0.2, -0.15) is 0 Å². The number of carboxylic acid groups (broad SMARTS) is 1. The zero-order chi connectivity index (χ0) is 17.7. The second-order valence-electron chi connectivity index (χ2n) is 8.95. The molecule has 5 atom stereocenters. The largest absolute Gasteiger partial charge is 0.481 e. The standard InChI is InChI=1S/C21H24N2O3/c24-19(25)21-11-20(21,26)7-5-12-10-23-8-6-14-13-3-1-2-4-16(13)22-18(14)17(23)9-15(12)21/h1-4,12,15,17,22,26H,5-11H2,(H,24,25)/t12-,15-,17-,20-,21-/m0/s1. The van der Waals surface area contributed by atoms with Gasteiger partial charge < -0.3 is 15.2 Å². The van der Waals surface area contributed by atoms with Gasteiger partial charge in [0.2, 0.25) is 0 Å². The lowest BCUT2D eigenvalue weighted by atomic mass is 9.64. The second kappa shape index (κ2) is 4.70. The number of rotatable bonds is 1. The van der Waals surface area contributed by atoms with Gasteiger partial charge in [-0.1, -0.05) is 18.2 Å². The summed E-state index contributed by atoms with van der Waals surface area (Å²) in [5, 5.41) is 22.1. The molecule has 0 unspecified atom stereocenters. The number of fused-ring (bicyclic) bond motifs is 8. The number of para-hydroxylation sites is 1. The van der Waals surface area contributed by atoms with Crippen LogP contribution in [0.2, 0.25) is 0 Å². The van der Waals surface area contributed by atoms with Crippen LogP contribution in [0.1, 0.15) is 43.0 Å². The number of nitrogens with zero attached hydrogens (tertiary/aromatic N) is 1. The van der Waals surface area contributed by atoms with E-state index in [9.17, 15) is 15.0 Å². The van der Waals surface area contributed by atoms with E-state index in [0.717, 1.165) is 32.4 Å². The highest BCUT2D eigenvalue weighted by atomic mass is 16.4. The van der Waals surface area contributed by atoms with Gasteiger partial charge in [0.1, 0.15) is 5.41 Å². The van der Waals surface area contributed by atoms with Crippen molar-refractivity contribution in [3.63, 3.8) is 0 Å². The van der Waals surface area contributed by atoms with Crippen molar-refractivity contribution >= 4 is 16.9 Å². The number of hydrogen-bond donors (Lipinski definition) is 3. The van der Waals surface area contributed by atoms with Crippen molar-refractivity contribution in [1.82, 2.24) is 9.88 Å². The third kappa shape index (κ3) is 1.66. The Bertz CT molecular complexity index is 936. The summed E-state index contributed by atoms with van der Waals surface area (Å²) in [4.78, 5) is 18.3. The molecule has 0 amide bonds. The zero-order valence-corrected chi connectivity index (χ0v) is 14.7. The molecule has 2 aromatic rings. The molecule has 5 nitrogen and oxygen atoms in total. The summed E-state index contributed by atoms with van der Waals surface area (Å²) in [6.07, 6.45) is 3.96. The monoisotopic (exact) mass is 352 g/mol. The lowest BCUT2D eigenvalue weighted by Crippen LogP contribution is -2.53. The number of benzene rings is 1. The molecule has 5 heteroatoms. The quantitative estimate of drug-likeness (QED) is 0.738. The van der Waals surface area contributed by atoms with E-state index in [1.807, 2.05) is 0 Å². The molecule has 136 valence electrons. The Labute approximate surface area is 152 Å². The molecule has 3 fully saturated rings. The Kier molecular flexibility index (Phi) is 2.75. The van der Waals surface area contributed by atoms with E-state index in [-0.39, 0.29) is 12.0 Å². The summed E-state index contributed by atoms with van der Waals surface area (Å²) in [5.41, 5.74) is 2.02. The van der Waals surface area contributed by atoms with Gasteiger partial charge in [0.25, 0.3) is 0 Å². The van der Waals surface area contributed by atoms with Crippen LogP contribution in [-0.4, -0.2) is 44.8 Å². The minimum atomic E-state index is -0.958.